The van der Waals surface area contributed by atoms with Crippen molar-refractivity contribution in [2.45, 2.75) is 26.4 Å². The van der Waals surface area contributed by atoms with Crippen molar-refractivity contribution in [3.63, 3.8) is 0 Å². The van der Waals surface area contributed by atoms with Crippen molar-refractivity contribution in [3.8, 4) is 11.5 Å². The number of nitrogens with zero attached hydrogens (tertiary/aromatic N) is 1. The van der Waals surface area contributed by atoms with Gasteiger partial charge in [-0.2, -0.15) is 0 Å². The first-order valence-electron chi connectivity index (χ1n) is 12.9. The van der Waals surface area contributed by atoms with Crippen LogP contribution >= 0.6 is 0 Å². The van der Waals surface area contributed by atoms with Gasteiger partial charge in [-0.25, -0.2) is 9.59 Å². The number of rotatable bonds is 11. The SMILES string of the molecule is COC(=O)c1ccc(Cn2c(=O)[nH]c3cc(C)cc(CC(=O)NCC(=O)NCc4cc(OC)cc(OC)c4)c32)cc1. The number of carbonyl (C=O) groups excluding carboxylic acids is 3. The van der Waals surface area contributed by atoms with Gasteiger partial charge in [0.15, 0.2) is 0 Å². The molecule has 11 heteroatoms. The zero-order valence-electron chi connectivity index (χ0n) is 23.3. The Balaban J connectivity index is 1.43. The lowest BCUT2D eigenvalue weighted by molar-refractivity contribution is -0.125. The van der Waals surface area contributed by atoms with E-state index in [1.807, 2.05) is 19.1 Å². The minimum atomic E-state index is -0.446. The maximum atomic E-state index is 12.9. The lowest BCUT2D eigenvalue weighted by atomic mass is 10.1. The van der Waals surface area contributed by atoms with Crippen molar-refractivity contribution < 1.29 is 28.6 Å². The second kappa shape index (κ2) is 12.9. The Morgan fingerprint density at radius 1 is 0.854 bits per heavy atom. The lowest BCUT2D eigenvalue weighted by Gasteiger charge is -2.12. The molecule has 1 aromatic heterocycles. The molecule has 41 heavy (non-hydrogen) atoms. The Bertz CT molecular complexity index is 1620. The maximum Gasteiger partial charge on any atom is 0.337 e. The molecule has 4 aromatic rings. The monoisotopic (exact) mass is 560 g/mol. The number of benzene rings is 3. The molecule has 4 rings (SSSR count). The Morgan fingerprint density at radius 2 is 1.54 bits per heavy atom. The third kappa shape index (κ3) is 7.13. The standard InChI is InChI=1S/C30H32N4O7/c1-18-9-22(13-26(35)32-16-27(36)31-15-20-11-23(39-2)14-24(12-20)40-3)28-25(10-18)33-30(38)34(28)17-19-5-7-21(8-6-19)29(37)41-4/h5-12,14H,13,15-17H2,1-4H3,(H,31,36)(H,32,35)(H,33,38). The van der Waals surface area contributed by atoms with Gasteiger partial charge in [-0.05, 0) is 59.5 Å². The van der Waals surface area contributed by atoms with Crippen LogP contribution in [0.5, 0.6) is 11.5 Å². The van der Waals surface area contributed by atoms with Gasteiger partial charge in [0.05, 0.1) is 57.4 Å². The third-order valence-corrected chi connectivity index (χ3v) is 6.50. The summed E-state index contributed by atoms with van der Waals surface area (Å²) in [4.78, 5) is 52.7. The van der Waals surface area contributed by atoms with Gasteiger partial charge >= 0.3 is 11.7 Å². The molecule has 0 unspecified atom stereocenters. The van der Waals surface area contributed by atoms with Crippen molar-refractivity contribution in [2.24, 2.45) is 0 Å². The molecule has 3 aromatic carbocycles. The molecule has 2 amide bonds. The first-order chi connectivity index (χ1) is 19.7. The minimum absolute atomic E-state index is 0.0306. The molecule has 0 fully saturated rings. The number of carbonyl (C=O) groups is 3. The zero-order chi connectivity index (χ0) is 29.5. The molecule has 0 radical (unpaired) electrons. The van der Waals surface area contributed by atoms with Gasteiger partial charge in [-0.1, -0.05) is 18.2 Å². The first kappa shape index (κ1) is 28.9. The summed E-state index contributed by atoms with van der Waals surface area (Å²) < 4.78 is 16.8. The third-order valence-electron chi connectivity index (χ3n) is 6.50. The first-order valence-corrected chi connectivity index (χ1v) is 12.9. The van der Waals surface area contributed by atoms with E-state index < -0.39 is 5.97 Å². The number of nitrogens with one attached hydrogen (secondary N) is 3. The number of fused-ring (bicyclic) bond motifs is 1. The summed E-state index contributed by atoms with van der Waals surface area (Å²) in [6, 6.07) is 15.8. The molecule has 0 spiro atoms. The van der Waals surface area contributed by atoms with Crippen molar-refractivity contribution in [1.29, 1.82) is 0 Å². The fraction of sp³-hybridized carbons (Fsp3) is 0.267. The summed E-state index contributed by atoms with van der Waals surface area (Å²) in [7, 11) is 4.41. The highest BCUT2D eigenvalue weighted by atomic mass is 16.5. The predicted molar refractivity (Wildman–Crippen MR) is 152 cm³/mol. The van der Waals surface area contributed by atoms with Gasteiger partial charge in [0.25, 0.3) is 0 Å². The van der Waals surface area contributed by atoms with E-state index in [0.29, 0.717) is 33.7 Å². The number of esters is 1. The molecule has 0 saturated heterocycles. The molecule has 0 aliphatic carbocycles. The molecule has 214 valence electrons. The number of hydrogen-bond donors (Lipinski definition) is 3. The summed E-state index contributed by atoms with van der Waals surface area (Å²) >= 11 is 0. The van der Waals surface area contributed by atoms with Crippen LogP contribution in [0.4, 0.5) is 0 Å². The highest BCUT2D eigenvalue weighted by Crippen LogP contribution is 2.23. The molecular weight excluding hydrogens is 528 g/mol. The summed E-state index contributed by atoms with van der Waals surface area (Å²) in [5, 5.41) is 5.42. The van der Waals surface area contributed by atoms with Crippen LogP contribution in [0, 0.1) is 6.92 Å². The molecule has 0 aliphatic rings. The number of aromatic nitrogens is 2. The average molecular weight is 561 g/mol. The number of aryl methyl sites for hydroxylation is 1. The quantitative estimate of drug-likeness (QED) is 0.239. The molecule has 0 bridgehead atoms. The lowest BCUT2D eigenvalue weighted by Crippen LogP contribution is -2.37. The Kier molecular flexibility index (Phi) is 9.08. The van der Waals surface area contributed by atoms with Crippen LogP contribution in [0.15, 0.2) is 59.4 Å². The van der Waals surface area contributed by atoms with E-state index in [2.05, 4.69) is 15.6 Å². The normalized spacial score (nSPS) is 10.7. The van der Waals surface area contributed by atoms with Gasteiger partial charge in [0.1, 0.15) is 11.5 Å². The number of amides is 2. The van der Waals surface area contributed by atoms with Gasteiger partial charge in [-0.15, -0.1) is 0 Å². The van der Waals surface area contributed by atoms with Crippen LogP contribution in [0.1, 0.15) is 32.6 Å². The van der Waals surface area contributed by atoms with Gasteiger partial charge in [0, 0.05) is 12.6 Å². The summed E-state index contributed by atoms with van der Waals surface area (Å²) in [5.41, 5.74) is 4.39. The molecule has 0 atom stereocenters. The highest BCUT2D eigenvalue weighted by Gasteiger charge is 2.16. The van der Waals surface area contributed by atoms with E-state index in [9.17, 15) is 19.2 Å². The van der Waals surface area contributed by atoms with E-state index in [-0.39, 0.29) is 43.6 Å². The van der Waals surface area contributed by atoms with Crippen molar-refractivity contribution in [3.05, 3.63) is 92.9 Å². The average Bonchev–Trinajstić information content (AvgIpc) is 3.28. The van der Waals surface area contributed by atoms with E-state index in [1.54, 1.807) is 61.3 Å². The van der Waals surface area contributed by atoms with Crippen molar-refractivity contribution >= 4 is 28.8 Å². The van der Waals surface area contributed by atoms with Crippen LogP contribution in [0.3, 0.4) is 0 Å². The Hall–Kier alpha value is -5.06. The smallest absolute Gasteiger partial charge is 0.337 e. The number of aromatic amines is 1. The molecule has 1 heterocycles. The summed E-state index contributed by atoms with van der Waals surface area (Å²) in [6.45, 7) is 2.14. The van der Waals surface area contributed by atoms with E-state index in [1.165, 1.54) is 7.11 Å². The van der Waals surface area contributed by atoms with Crippen LogP contribution < -0.4 is 25.8 Å². The topological polar surface area (TPSA) is 141 Å². The molecule has 0 aliphatic heterocycles. The molecule has 11 nitrogen and oxygen atoms in total. The molecule has 0 saturated carbocycles. The largest absolute Gasteiger partial charge is 0.497 e. The number of ether oxygens (including phenoxy) is 3. The maximum absolute atomic E-state index is 12.9. The van der Waals surface area contributed by atoms with Crippen LogP contribution in [0.25, 0.3) is 11.0 Å². The van der Waals surface area contributed by atoms with Crippen LogP contribution in [-0.2, 0) is 33.8 Å². The zero-order valence-corrected chi connectivity index (χ0v) is 23.3. The number of methoxy groups -OCH3 is 3. The number of H-pyrrole nitrogens is 1. The predicted octanol–water partition coefficient (Wildman–Crippen LogP) is 2.47. The van der Waals surface area contributed by atoms with Crippen LogP contribution in [0.2, 0.25) is 0 Å². The van der Waals surface area contributed by atoms with Crippen molar-refractivity contribution in [1.82, 2.24) is 20.2 Å². The second-order valence-corrected chi connectivity index (χ2v) is 9.48. The summed E-state index contributed by atoms with van der Waals surface area (Å²) in [6.07, 6.45) is -0.0306. The fourth-order valence-electron chi connectivity index (χ4n) is 4.53. The van der Waals surface area contributed by atoms with Gasteiger partial charge in [-0.3, -0.25) is 14.2 Å². The highest BCUT2D eigenvalue weighted by molar-refractivity contribution is 5.90. The Morgan fingerprint density at radius 3 is 2.17 bits per heavy atom. The van der Waals surface area contributed by atoms with E-state index in [0.717, 1.165) is 16.7 Å². The second-order valence-electron chi connectivity index (χ2n) is 9.48. The molecule has 3 N–H and O–H groups in total. The van der Waals surface area contributed by atoms with Gasteiger partial charge in [0.2, 0.25) is 11.8 Å². The number of imidazole rings is 1. The molecular formula is C30H32N4O7. The summed E-state index contributed by atoms with van der Waals surface area (Å²) in [5.74, 6) is 0.0422. The van der Waals surface area contributed by atoms with Gasteiger partial charge < -0.3 is 29.8 Å². The minimum Gasteiger partial charge on any atom is -0.497 e. The van der Waals surface area contributed by atoms with E-state index >= 15 is 0 Å². The fourth-order valence-corrected chi connectivity index (χ4v) is 4.53. The van der Waals surface area contributed by atoms with Crippen LogP contribution in [-0.4, -0.2) is 55.2 Å². The Labute approximate surface area is 236 Å². The van der Waals surface area contributed by atoms with Crippen molar-refractivity contribution in [2.75, 3.05) is 27.9 Å². The van der Waals surface area contributed by atoms with E-state index in [4.69, 9.17) is 14.2 Å². The number of hydrogen-bond acceptors (Lipinski definition) is 7.